The molecular formula is C36H36F2N6O6S. The van der Waals surface area contributed by atoms with E-state index in [1.54, 1.807) is 4.90 Å². The predicted molar refractivity (Wildman–Crippen MR) is 187 cm³/mol. The second kappa shape index (κ2) is 13.7. The summed E-state index contributed by atoms with van der Waals surface area (Å²) in [5.74, 6) is -0.422. The molecule has 3 aliphatic rings. The van der Waals surface area contributed by atoms with Crippen molar-refractivity contribution in [2.75, 3.05) is 69.0 Å². The summed E-state index contributed by atoms with van der Waals surface area (Å²) in [6.45, 7) is 7.49. The maximum absolute atomic E-state index is 16.9. The molecule has 51 heavy (non-hydrogen) atoms. The SMILES string of the molecule is C#Cc1c(F)ccc2cc(O)cc(-c3ncc4c(N5CCS(=O)(=O)C[C@@H](NC(=O)C=C)C5)nc(OCC5(CN6CCOCC6)CC5)nc4c3F)c12. The molecule has 1 amide bonds. The number of morpholine rings is 1. The molecular weight excluding hydrogens is 682 g/mol. The normalized spacial score (nSPS) is 20.0. The van der Waals surface area contributed by atoms with E-state index in [1.165, 1.54) is 30.5 Å². The molecule has 2 aromatic heterocycles. The number of phenolic OH excluding ortho intramolecular Hbond substituents is 1. The topological polar surface area (TPSA) is 147 Å². The number of hydrogen-bond donors (Lipinski definition) is 2. The van der Waals surface area contributed by atoms with Gasteiger partial charge in [0.2, 0.25) is 5.91 Å². The molecule has 0 bridgehead atoms. The minimum absolute atomic E-state index is 0.0132. The van der Waals surface area contributed by atoms with Crippen LogP contribution in [0.3, 0.4) is 0 Å². The van der Waals surface area contributed by atoms with E-state index < -0.39 is 33.4 Å². The quantitative estimate of drug-likeness (QED) is 0.194. The van der Waals surface area contributed by atoms with Crippen LogP contribution in [0.4, 0.5) is 14.6 Å². The van der Waals surface area contributed by atoms with Gasteiger partial charge < -0.3 is 24.8 Å². The van der Waals surface area contributed by atoms with Gasteiger partial charge in [-0.25, -0.2) is 17.2 Å². The van der Waals surface area contributed by atoms with Gasteiger partial charge >= 0.3 is 6.01 Å². The first-order valence-corrected chi connectivity index (χ1v) is 18.4. The first-order chi connectivity index (χ1) is 24.5. The molecule has 12 nitrogen and oxygen atoms in total. The summed E-state index contributed by atoms with van der Waals surface area (Å²) in [6, 6.07) is 4.30. The Morgan fingerprint density at radius 3 is 2.73 bits per heavy atom. The molecule has 4 heterocycles. The second-order valence-electron chi connectivity index (χ2n) is 13.3. The van der Waals surface area contributed by atoms with Crippen LogP contribution in [-0.4, -0.2) is 109 Å². The Morgan fingerprint density at radius 2 is 2.00 bits per heavy atom. The van der Waals surface area contributed by atoms with E-state index in [4.69, 9.17) is 15.9 Å². The molecule has 266 valence electrons. The van der Waals surface area contributed by atoms with E-state index in [0.29, 0.717) is 18.6 Å². The Morgan fingerprint density at radius 1 is 1.22 bits per heavy atom. The molecule has 0 radical (unpaired) electrons. The summed E-state index contributed by atoms with van der Waals surface area (Å²) in [5, 5.41) is 14.0. The largest absolute Gasteiger partial charge is 0.508 e. The van der Waals surface area contributed by atoms with Gasteiger partial charge in [-0.3, -0.25) is 14.7 Å². The van der Waals surface area contributed by atoms with Crippen LogP contribution in [-0.2, 0) is 19.4 Å². The minimum Gasteiger partial charge on any atom is -0.508 e. The summed E-state index contributed by atoms with van der Waals surface area (Å²) < 4.78 is 69.3. The highest BCUT2D eigenvalue weighted by Crippen LogP contribution is 2.47. The molecule has 0 spiro atoms. The van der Waals surface area contributed by atoms with Crippen molar-refractivity contribution >= 4 is 43.2 Å². The fourth-order valence-corrected chi connectivity index (χ4v) is 8.30. The van der Waals surface area contributed by atoms with Crippen LogP contribution in [0.2, 0.25) is 0 Å². The molecule has 1 aliphatic carbocycles. The van der Waals surface area contributed by atoms with Crippen molar-refractivity contribution in [1.29, 1.82) is 0 Å². The third-order valence-corrected chi connectivity index (χ3v) is 11.3. The Labute approximate surface area is 293 Å². The van der Waals surface area contributed by atoms with Gasteiger partial charge in [0.15, 0.2) is 15.7 Å². The number of sulfone groups is 1. The lowest BCUT2D eigenvalue weighted by molar-refractivity contribution is -0.116. The summed E-state index contributed by atoms with van der Waals surface area (Å²) in [5.41, 5.74) is -0.641. The van der Waals surface area contributed by atoms with E-state index in [9.17, 15) is 22.7 Å². The van der Waals surface area contributed by atoms with Gasteiger partial charge in [-0.15, -0.1) is 6.42 Å². The molecule has 2 aliphatic heterocycles. The third kappa shape index (κ3) is 7.17. The number of carbonyl (C=O) groups is 1. The van der Waals surface area contributed by atoms with Crippen molar-refractivity contribution in [3.63, 3.8) is 0 Å². The maximum Gasteiger partial charge on any atom is 0.319 e. The van der Waals surface area contributed by atoms with Crippen LogP contribution in [0.5, 0.6) is 11.8 Å². The van der Waals surface area contributed by atoms with Gasteiger partial charge in [0.25, 0.3) is 0 Å². The zero-order chi connectivity index (χ0) is 35.9. The van der Waals surface area contributed by atoms with Crippen LogP contribution >= 0.6 is 0 Å². The average Bonchev–Trinajstić information content (AvgIpc) is 3.90. The Balaban J connectivity index is 1.34. The van der Waals surface area contributed by atoms with Gasteiger partial charge in [-0.2, -0.15) is 9.97 Å². The molecule has 3 fully saturated rings. The van der Waals surface area contributed by atoms with Gasteiger partial charge in [-0.1, -0.05) is 18.6 Å². The average molecular weight is 719 g/mol. The molecule has 1 atom stereocenters. The smallest absolute Gasteiger partial charge is 0.319 e. The number of benzene rings is 2. The molecule has 0 unspecified atom stereocenters. The summed E-state index contributed by atoms with van der Waals surface area (Å²) in [7, 11) is -3.59. The van der Waals surface area contributed by atoms with Crippen molar-refractivity contribution < 1.29 is 36.6 Å². The van der Waals surface area contributed by atoms with E-state index in [1.807, 2.05) is 0 Å². The van der Waals surface area contributed by atoms with Crippen molar-refractivity contribution in [2.24, 2.45) is 5.41 Å². The molecule has 7 rings (SSSR count). The van der Waals surface area contributed by atoms with Crippen LogP contribution in [0.15, 0.2) is 43.1 Å². The number of terminal acetylenes is 1. The predicted octanol–water partition coefficient (Wildman–Crippen LogP) is 3.21. The van der Waals surface area contributed by atoms with Crippen LogP contribution in [0.1, 0.15) is 18.4 Å². The molecule has 4 aromatic rings. The lowest BCUT2D eigenvalue weighted by Crippen LogP contribution is -2.45. The number of amides is 1. The van der Waals surface area contributed by atoms with Crippen LogP contribution in [0.25, 0.3) is 32.9 Å². The standard InChI is InChI=1S/C36H36F2N6O6S/c1-3-25-28(37)6-5-22-15-24(45)16-26(30(22)25)32-31(38)33-27(17-39-32)34(44-11-14-51(47,48)19-23(18-44)40-29(46)4-2)42-35(41-33)50-21-36(7-8-36)20-43-9-12-49-13-10-43/h1,4-6,15-17,23,45H,2,7-14,18-21H2,(H,40,46)/t23-/m0/s1. The van der Waals surface area contributed by atoms with Gasteiger partial charge in [0.05, 0.1) is 48.3 Å². The lowest BCUT2D eigenvalue weighted by atomic mass is 9.96. The van der Waals surface area contributed by atoms with Crippen LogP contribution < -0.4 is 15.0 Å². The van der Waals surface area contributed by atoms with E-state index in [0.717, 1.165) is 38.6 Å². The fourth-order valence-electron chi connectivity index (χ4n) is 6.83. The number of hydrogen-bond acceptors (Lipinski definition) is 11. The number of aromatic hydroxyl groups is 1. The Kier molecular flexibility index (Phi) is 9.25. The number of phenols is 1. The van der Waals surface area contributed by atoms with Gasteiger partial charge in [0.1, 0.15) is 28.6 Å². The minimum atomic E-state index is -3.59. The number of anilines is 1. The molecule has 2 aromatic carbocycles. The number of rotatable bonds is 9. The summed E-state index contributed by atoms with van der Waals surface area (Å²) >= 11 is 0. The molecule has 2 N–H and O–H groups in total. The fraction of sp³-hybridized carbons (Fsp3) is 0.389. The van der Waals surface area contributed by atoms with Gasteiger partial charge in [0, 0.05) is 55.3 Å². The van der Waals surface area contributed by atoms with E-state index >= 15 is 4.39 Å². The van der Waals surface area contributed by atoms with E-state index in [2.05, 4.69) is 37.7 Å². The highest BCUT2D eigenvalue weighted by Gasteiger charge is 2.45. The number of nitrogens with one attached hydrogen (secondary N) is 1. The number of pyridine rings is 1. The Bertz CT molecular complexity index is 2200. The zero-order valence-corrected chi connectivity index (χ0v) is 28.5. The van der Waals surface area contributed by atoms with Gasteiger partial charge in [-0.05, 0) is 42.5 Å². The second-order valence-corrected chi connectivity index (χ2v) is 15.5. The number of nitrogens with zero attached hydrogens (tertiary/aromatic N) is 5. The molecule has 1 saturated carbocycles. The third-order valence-electron chi connectivity index (χ3n) is 9.62. The number of fused-ring (bicyclic) bond motifs is 2. The number of carbonyl (C=O) groups excluding carboxylic acids is 1. The number of halogens is 2. The van der Waals surface area contributed by atoms with E-state index in [-0.39, 0.29) is 87.3 Å². The highest BCUT2D eigenvalue weighted by molar-refractivity contribution is 7.91. The zero-order valence-electron chi connectivity index (χ0n) is 27.7. The molecule has 15 heteroatoms. The highest BCUT2D eigenvalue weighted by atomic mass is 32.2. The summed E-state index contributed by atoms with van der Waals surface area (Å²) in [6.07, 6.45) is 9.94. The Hall–Kier alpha value is -4.91. The van der Waals surface area contributed by atoms with Crippen LogP contribution in [0, 0.1) is 29.4 Å². The van der Waals surface area contributed by atoms with Crippen molar-refractivity contribution in [2.45, 2.75) is 18.9 Å². The lowest BCUT2D eigenvalue weighted by Gasteiger charge is -2.30. The van der Waals surface area contributed by atoms with Crippen molar-refractivity contribution in [3.8, 4) is 35.4 Å². The van der Waals surface area contributed by atoms with Crippen molar-refractivity contribution in [3.05, 3.63) is 60.3 Å². The number of ether oxygens (including phenoxy) is 2. The monoisotopic (exact) mass is 718 g/mol. The number of aromatic nitrogens is 3. The first-order valence-electron chi connectivity index (χ1n) is 16.6. The maximum atomic E-state index is 16.9. The van der Waals surface area contributed by atoms with Crippen molar-refractivity contribution in [1.82, 2.24) is 25.2 Å². The first kappa shape index (κ1) is 34.5. The molecule has 2 saturated heterocycles. The summed E-state index contributed by atoms with van der Waals surface area (Å²) in [4.78, 5) is 29.8.